The van der Waals surface area contributed by atoms with Gasteiger partial charge in [0.2, 0.25) is 5.12 Å². The van der Waals surface area contributed by atoms with Crippen molar-refractivity contribution in [2.75, 3.05) is 12.9 Å². The summed E-state index contributed by atoms with van der Waals surface area (Å²) in [5.74, 6) is 0.782. The molecule has 100 valence electrons. The second-order valence-corrected chi connectivity index (χ2v) is 6.49. The standard InChI is InChI=1S/C13H12BrNO2S2/c1-3-17-9-4-5-10(14)8(6-9)7-11-12(16)19-13(15-11)18-2/h4-7H,3H2,1-2H3. The molecule has 6 heteroatoms. The van der Waals surface area contributed by atoms with E-state index in [4.69, 9.17) is 4.74 Å². The smallest absolute Gasteiger partial charge is 0.244 e. The van der Waals surface area contributed by atoms with Gasteiger partial charge in [0, 0.05) is 4.47 Å². The Hall–Kier alpha value is -0.720. The quantitative estimate of drug-likeness (QED) is 0.760. The summed E-state index contributed by atoms with van der Waals surface area (Å²) in [4.78, 5) is 16.1. The van der Waals surface area contributed by atoms with Gasteiger partial charge in [-0.1, -0.05) is 15.9 Å². The van der Waals surface area contributed by atoms with Crippen molar-refractivity contribution in [3.05, 3.63) is 33.9 Å². The first-order valence-electron chi connectivity index (χ1n) is 5.63. The van der Waals surface area contributed by atoms with E-state index in [2.05, 4.69) is 20.9 Å². The van der Waals surface area contributed by atoms with Crippen LogP contribution >= 0.6 is 39.5 Å². The molecule has 0 atom stereocenters. The van der Waals surface area contributed by atoms with Crippen LogP contribution in [0.4, 0.5) is 0 Å². The highest BCUT2D eigenvalue weighted by Gasteiger charge is 2.21. The van der Waals surface area contributed by atoms with Crippen molar-refractivity contribution in [2.45, 2.75) is 6.92 Å². The number of aliphatic imine (C=N–C) groups is 1. The third kappa shape index (κ3) is 3.64. The van der Waals surface area contributed by atoms with Crippen molar-refractivity contribution < 1.29 is 9.53 Å². The summed E-state index contributed by atoms with van der Waals surface area (Å²) in [5.41, 5.74) is 1.37. The van der Waals surface area contributed by atoms with Gasteiger partial charge in [0.25, 0.3) is 0 Å². The highest BCUT2D eigenvalue weighted by Crippen LogP contribution is 2.32. The normalized spacial score (nSPS) is 16.9. The van der Waals surface area contributed by atoms with Gasteiger partial charge in [-0.15, -0.1) is 11.8 Å². The lowest BCUT2D eigenvalue weighted by Gasteiger charge is -2.05. The van der Waals surface area contributed by atoms with E-state index < -0.39 is 0 Å². The molecule has 2 rings (SSSR count). The summed E-state index contributed by atoms with van der Waals surface area (Å²) < 4.78 is 7.15. The van der Waals surface area contributed by atoms with Gasteiger partial charge in [-0.3, -0.25) is 4.79 Å². The van der Waals surface area contributed by atoms with E-state index in [1.165, 1.54) is 23.5 Å². The summed E-state index contributed by atoms with van der Waals surface area (Å²) in [6.45, 7) is 2.55. The molecule has 0 aliphatic carbocycles. The molecule has 0 aromatic heterocycles. The zero-order valence-corrected chi connectivity index (χ0v) is 13.7. The first-order valence-corrected chi connectivity index (χ1v) is 8.46. The lowest BCUT2D eigenvalue weighted by atomic mass is 10.2. The lowest BCUT2D eigenvalue weighted by molar-refractivity contribution is -0.107. The van der Waals surface area contributed by atoms with Gasteiger partial charge in [-0.05, 0) is 54.8 Å². The van der Waals surface area contributed by atoms with Gasteiger partial charge in [-0.2, -0.15) is 0 Å². The highest BCUT2D eigenvalue weighted by molar-refractivity contribution is 9.10. The predicted octanol–water partition coefficient (Wildman–Crippen LogP) is 4.18. The van der Waals surface area contributed by atoms with Crippen LogP contribution in [0, 0.1) is 0 Å². The molecule has 0 radical (unpaired) electrons. The molecule has 3 nitrogen and oxygen atoms in total. The highest BCUT2D eigenvalue weighted by atomic mass is 79.9. The zero-order chi connectivity index (χ0) is 13.8. The Bertz CT molecular complexity index is 570. The first-order chi connectivity index (χ1) is 9.13. The summed E-state index contributed by atoms with van der Waals surface area (Å²) >= 11 is 6.12. The topological polar surface area (TPSA) is 38.7 Å². The molecule has 0 saturated carbocycles. The minimum atomic E-state index is -0.0157. The maximum atomic E-state index is 11.8. The van der Waals surface area contributed by atoms with Crippen LogP contribution in [-0.2, 0) is 4.79 Å². The van der Waals surface area contributed by atoms with Gasteiger partial charge in [0.15, 0.2) is 0 Å². The fraction of sp³-hybridized carbons (Fsp3) is 0.231. The minimum Gasteiger partial charge on any atom is -0.494 e. The monoisotopic (exact) mass is 357 g/mol. The number of hydrogen-bond acceptors (Lipinski definition) is 5. The lowest BCUT2D eigenvalue weighted by Crippen LogP contribution is -1.93. The molecule has 1 aliphatic heterocycles. The summed E-state index contributed by atoms with van der Waals surface area (Å²) in [5, 5.41) is -0.0157. The number of nitrogens with zero attached hydrogens (tertiary/aromatic N) is 1. The molecule has 1 aromatic rings. The van der Waals surface area contributed by atoms with Crippen LogP contribution in [0.3, 0.4) is 0 Å². The Morgan fingerprint density at radius 3 is 2.95 bits per heavy atom. The van der Waals surface area contributed by atoms with Crippen LogP contribution in [0.5, 0.6) is 5.75 Å². The first kappa shape index (κ1) is 14.7. The van der Waals surface area contributed by atoms with Crippen molar-refractivity contribution >= 4 is 55.0 Å². The van der Waals surface area contributed by atoms with Crippen LogP contribution in [-0.4, -0.2) is 22.4 Å². The molecule has 19 heavy (non-hydrogen) atoms. The van der Waals surface area contributed by atoms with E-state index in [0.29, 0.717) is 12.3 Å². The molecule has 1 heterocycles. The zero-order valence-electron chi connectivity index (χ0n) is 10.5. The largest absolute Gasteiger partial charge is 0.494 e. The van der Waals surface area contributed by atoms with Crippen molar-refractivity contribution in [1.82, 2.24) is 0 Å². The van der Waals surface area contributed by atoms with Crippen molar-refractivity contribution in [2.24, 2.45) is 4.99 Å². The van der Waals surface area contributed by atoms with Crippen molar-refractivity contribution in [3.63, 3.8) is 0 Å². The Balaban J connectivity index is 2.34. The van der Waals surface area contributed by atoms with Gasteiger partial charge >= 0.3 is 0 Å². The maximum absolute atomic E-state index is 11.8. The van der Waals surface area contributed by atoms with E-state index in [0.717, 1.165) is 20.2 Å². The van der Waals surface area contributed by atoms with Crippen LogP contribution in [0.25, 0.3) is 6.08 Å². The maximum Gasteiger partial charge on any atom is 0.244 e. The van der Waals surface area contributed by atoms with Gasteiger partial charge < -0.3 is 4.74 Å². The number of halogens is 1. The molecule has 1 aliphatic rings. The average Bonchev–Trinajstić information content (AvgIpc) is 2.75. The number of carbonyl (C=O) groups is 1. The second-order valence-electron chi connectivity index (χ2n) is 3.62. The number of hydrogen-bond donors (Lipinski definition) is 0. The summed E-state index contributed by atoms with van der Waals surface area (Å²) in [6.07, 6.45) is 3.69. The van der Waals surface area contributed by atoms with Gasteiger partial charge in [0.05, 0.1) is 6.61 Å². The van der Waals surface area contributed by atoms with Crippen LogP contribution in [0.15, 0.2) is 33.4 Å². The number of rotatable bonds is 3. The molecule has 0 amide bonds. The molecule has 0 saturated heterocycles. The predicted molar refractivity (Wildman–Crippen MR) is 86.8 cm³/mol. The Labute approximate surface area is 129 Å². The number of benzene rings is 1. The van der Waals surface area contributed by atoms with Gasteiger partial charge in [-0.25, -0.2) is 4.99 Å². The Morgan fingerprint density at radius 2 is 2.32 bits per heavy atom. The molecular weight excluding hydrogens is 346 g/mol. The molecule has 0 spiro atoms. The number of carbonyl (C=O) groups excluding carboxylic acids is 1. The van der Waals surface area contributed by atoms with Crippen molar-refractivity contribution in [1.29, 1.82) is 0 Å². The minimum absolute atomic E-state index is 0.0157. The average molecular weight is 358 g/mol. The third-order valence-electron chi connectivity index (χ3n) is 2.35. The fourth-order valence-corrected chi connectivity index (χ4v) is 3.14. The Kier molecular flexibility index (Phi) is 5.13. The molecular formula is C13H12BrNO2S2. The second kappa shape index (κ2) is 6.63. The van der Waals surface area contributed by atoms with Gasteiger partial charge in [0.1, 0.15) is 15.8 Å². The molecule has 1 aromatic carbocycles. The van der Waals surface area contributed by atoms with E-state index in [9.17, 15) is 4.79 Å². The molecule has 0 bridgehead atoms. The van der Waals surface area contributed by atoms with Crippen LogP contribution in [0.2, 0.25) is 0 Å². The fourth-order valence-electron chi connectivity index (χ4n) is 1.51. The number of ether oxygens (including phenoxy) is 1. The van der Waals surface area contributed by atoms with E-state index >= 15 is 0 Å². The van der Waals surface area contributed by atoms with E-state index in [-0.39, 0.29) is 5.12 Å². The third-order valence-corrected chi connectivity index (χ3v) is 4.92. The molecule has 0 unspecified atom stereocenters. The Morgan fingerprint density at radius 1 is 1.53 bits per heavy atom. The summed E-state index contributed by atoms with van der Waals surface area (Å²) in [6, 6.07) is 5.69. The summed E-state index contributed by atoms with van der Waals surface area (Å²) in [7, 11) is 0. The van der Waals surface area contributed by atoms with Crippen LogP contribution in [0.1, 0.15) is 12.5 Å². The van der Waals surface area contributed by atoms with Crippen LogP contribution < -0.4 is 4.74 Å². The molecule has 0 fully saturated rings. The SMILES string of the molecule is CCOc1ccc(Br)c(C=C2N=C(SC)SC2=O)c1. The van der Waals surface area contributed by atoms with E-state index in [1.807, 2.05) is 31.4 Å². The number of thioether (sulfide) groups is 2. The molecule has 0 N–H and O–H groups in total. The van der Waals surface area contributed by atoms with Crippen molar-refractivity contribution in [3.8, 4) is 5.75 Å². The van der Waals surface area contributed by atoms with E-state index in [1.54, 1.807) is 6.08 Å².